The molecule has 0 aromatic rings. The van der Waals surface area contributed by atoms with Crippen molar-refractivity contribution < 1.29 is 9.90 Å². The molecule has 0 aliphatic rings. The van der Waals surface area contributed by atoms with Crippen LogP contribution in [0.2, 0.25) is 0 Å². The van der Waals surface area contributed by atoms with Crippen molar-refractivity contribution in [3.63, 3.8) is 0 Å². The average Bonchev–Trinajstić information content (AvgIpc) is 1.97. The molecule has 0 aromatic heterocycles. The zero-order chi connectivity index (χ0) is 8.69. The van der Waals surface area contributed by atoms with Crippen LogP contribution < -0.4 is 0 Å². The first-order valence-corrected chi connectivity index (χ1v) is 3.20. The van der Waals surface area contributed by atoms with Gasteiger partial charge >= 0.3 is 5.97 Å². The number of hydrogen-bond donors (Lipinski definition) is 1. The van der Waals surface area contributed by atoms with Crippen molar-refractivity contribution in [2.45, 2.75) is 6.92 Å². The van der Waals surface area contributed by atoms with Crippen LogP contribution in [0.5, 0.6) is 0 Å². The van der Waals surface area contributed by atoms with E-state index < -0.39 is 5.97 Å². The van der Waals surface area contributed by atoms with E-state index in [2.05, 4.69) is 4.99 Å². The lowest BCUT2D eigenvalue weighted by Gasteiger charge is -1.88. The fourth-order valence-corrected chi connectivity index (χ4v) is 0.509. The molecule has 0 rings (SSSR count). The lowest BCUT2D eigenvalue weighted by molar-refractivity contribution is -0.132. The third kappa shape index (κ3) is 4.08. The quantitative estimate of drug-likeness (QED) is 0.377. The first-order chi connectivity index (χ1) is 5.22. The SMILES string of the molecule is C\C=C/C=C(\C=N\C)C(=O)O. The largest absolute Gasteiger partial charge is 0.478 e. The molecule has 0 aliphatic carbocycles. The number of hydrogen-bond acceptors (Lipinski definition) is 2. The second-order valence-corrected chi connectivity index (χ2v) is 1.84. The topological polar surface area (TPSA) is 49.7 Å². The van der Waals surface area contributed by atoms with Crippen LogP contribution >= 0.6 is 0 Å². The Morgan fingerprint density at radius 3 is 2.55 bits per heavy atom. The van der Waals surface area contributed by atoms with Gasteiger partial charge < -0.3 is 5.11 Å². The van der Waals surface area contributed by atoms with Crippen molar-refractivity contribution in [2.75, 3.05) is 7.05 Å². The van der Waals surface area contributed by atoms with Crippen LogP contribution in [0.25, 0.3) is 0 Å². The summed E-state index contributed by atoms with van der Waals surface area (Å²) in [7, 11) is 1.53. The van der Waals surface area contributed by atoms with Gasteiger partial charge in [0.25, 0.3) is 0 Å². The minimum atomic E-state index is -0.964. The Morgan fingerprint density at radius 2 is 2.18 bits per heavy atom. The molecule has 0 fully saturated rings. The summed E-state index contributed by atoms with van der Waals surface area (Å²) < 4.78 is 0. The molecule has 0 radical (unpaired) electrons. The van der Waals surface area contributed by atoms with E-state index in [1.807, 2.05) is 6.92 Å². The lowest BCUT2D eigenvalue weighted by Crippen LogP contribution is -2.00. The Labute approximate surface area is 65.8 Å². The smallest absolute Gasteiger partial charge is 0.337 e. The van der Waals surface area contributed by atoms with Gasteiger partial charge in [-0.25, -0.2) is 4.79 Å². The number of aliphatic imine (C=N–C) groups is 1. The number of carbonyl (C=O) groups is 1. The van der Waals surface area contributed by atoms with Crippen LogP contribution in [0.3, 0.4) is 0 Å². The summed E-state index contributed by atoms with van der Waals surface area (Å²) in [6, 6.07) is 0. The number of aliphatic carboxylic acids is 1. The molecular weight excluding hydrogens is 142 g/mol. The molecule has 0 atom stereocenters. The van der Waals surface area contributed by atoms with E-state index in [0.29, 0.717) is 0 Å². The van der Waals surface area contributed by atoms with E-state index in [1.165, 1.54) is 19.3 Å². The molecule has 0 aromatic carbocycles. The van der Waals surface area contributed by atoms with Crippen LogP contribution in [-0.2, 0) is 4.79 Å². The van der Waals surface area contributed by atoms with Crippen molar-refractivity contribution in [1.82, 2.24) is 0 Å². The van der Waals surface area contributed by atoms with Crippen LogP contribution in [0.1, 0.15) is 6.92 Å². The minimum absolute atomic E-state index is 0.186. The number of nitrogens with zero attached hydrogens (tertiary/aromatic N) is 1. The molecule has 3 heteroatoms. The zero-order valence-electron chi connectivity index (χ0n) is 6.61. The maximum Gasteiger partial charge on any atom is 0.337 e. The molecule has 0 saturated carbocycles. The van der Waals surface area contributed by atoms with E-state index in [4.69, 9.17) is 5.11 Å². The van der Waals surface area contributed by atoms with Crippen molar-refractivity contribution in [2.24, 2.45) is 4.99 Å². The average molecular weight is 153 g/mol. The summed E-state index contributed by atoms with van der Waals surface area (Å²) in [5, 5.41) is 8.54. The van der Waals surface area contributed by atoms with Gasteiger partial charge in [-0.05, 0) is 13.0 Å². The van der Waals surface area contributed by atoms with Crippen LogP contribution in [0.4, 0.5) is 0 Å². The lowest BCUT2D eigenvalue weighted by atomic mass is 10.2. The van der Waals surface area contributed by atoms with Crippen molar-refractivity contribution >= 4 is 12.2 Å². The maximum atomic E-state index is 10.4. The van der Waals surface area contributed by atoms with Crippen LogP contribution in [0, 0.1) is 0 Å². The standard InChI is InChI=1S/C8H11NO2/c1-3-4-5-7(6-9-2)8(10)11/h3-6H,1-2H3,(H,10,11)/b4-3-,7-5+,9-6+. The Kier molecular flexibility index (Phi) is 4.73. The molecule has 11 heavy (non-hydrogen) atoms. The maximum absolute atomic E-state index is 10.4. The molecule has 0 bridgehead atoms. The van der Waals surface area contributed by atoms with Crippen molar-refractivity contribution in [1.29, 1.82) is 0 Å². The highest BCUT2D eigenvalue weighted by Crippen LogP contribution is 1.91. The van der Waals surface area contributed by atoms with E-state index in [1.54, 1.807) is 12.2 Å². The molecule has 0 saturated heterocycles. The summed E-state index contributed by atoms with van der Waals surface area (Å²) in [4.78, 5) is 14.0. The Bertz CT molecular complexity index is 214. The minimum Gasteiger partial charge on any atom is -0.478 e. The van der Waals surface area contributed by atoms with Gasteiger partial charge in [0.05, 0.1) is 5.57 Å². The Balaban J connectivity index is 4.45. The van der Waals surface area contributed by atoms with Gasteiger partial charge in [-0.3, -0.25) is 4.99 Å². The van der Waals surface area contributed by atoms with Gasteiger partial charge in [0.1, 0.15) is 0 Å². The van der Waals surface area contributed by atoms with E-state index in [-0.39, 0.29) is 5.57 Å². The second kappa shape index (κ2) is 5.41. The van der Waals surface area contributed by atoms with Gasteiger partial charge in [-0.1, -0.05) is 12.2 Å². The molecule has 0 heterocycles. The molecule has 1 N–H and O–H groups in total. The fraction of sp³-hybridized carbons (Fsp3) is 0.250. The normalized spacial score (nSPS) is 13.1. The molecule has 0 aliphatic heterocycles. The molecule has 60 valence electrons. The molecule has 0 spiro atoms. The highest BCUT2D eigenvalue weighted by molar-refractivity contribution is 6.08. The number of allylic oxidation sites excluding steroid dienone is 3. The third-order valence-corrected chi connectivity index (χ3v) is 0.983. The summed E-state index contributed by atoms with van der Waals surface area (Å²) >= 11 is 0. The highest BCUT2D eigenvalue weighted by atomic mass is 16.4. The van der Waals surface area contributed by atoms with Crippen LogP contribution in [-0.4, -0.2) is 24.3 Å². The second-order valence-electron chi connectivity index (χ2n) is 1.84. The molecule has 3 nitrogen and oxygen atoms in total. The molecular formula is C8H11NO2. The molecule has 0 amide bonds. The zero-order valence-corrected chi connectivity index (χ0v) is 6.61. The number of carboxylic acid groups (broad SMARTS) is 1. The van der Waals surface area contributed by atoms with Gasteiger partial charge in [0, 0.05) is 13.3 Å². The number of rotatable bonds is 3. The van der Waals surface area contributed by atoms with E-state index >= 15 is 0 Å². The monoisotopic (exact) mass is 153 g/mol. The first-order valence-electron chi connectivity index (χ1n) is 3.20. The van der Waals surface area contributed by atoms with Gasteiger partial charge in [-0.15, -0.1) is 0 Å². The Morgan fingerprint density at radius 1 is 1.55 bits per heavy atom. The summed E-state index contributed by atoms with van der Waals surface area (Å²) in [5.41, 5.74) is 0.186. The van der Waals surface area contributed by atoms with E-state index in [0.717, 1.165) is 0 Å². The highest BCUT2D eigenvalue weighted by Gasteiger charge is 2.00. The first kappa shape index (κ1) is 9.62. The van der Waals surface area contributed by atoms with Gasteiger partial charge in [0.15, 0.2) is 0 Å². The summed E-state index contributed by atoms with van der Waals surface area (Å²) in [6.07, 6.45) is 6.22. The molecule has 0 unspecified atom stereocenters. The third-order valence-electron chi connectivity index (χ3n) is 0.983. The van der Waals surface area contributed by atoms with Crippen molar-refractivity contribution in [3.05, 3.63) is 23.8 Å². The van der Waals surface area contributed by atoms with Crippen molar-refractivity contribution in [3.8, 4) is 0 Å². The number of carboxylic acids is 1. The summed E-state index contributed by atoms with van der Waals surface area (Å²) in [6.45, 7) is 1.82. The summed E-state index contributed by atoms with van der Waals surface area (Å²) in [5.74, 6) is -0.964. The van der Waals surface area contributed by atoms with Gasteiger partial charge in [-0.2, -0.15) is 0 Å². The predicted molar refractivity (Wildman–Crippen MR) is 44.9 cm³/mol. The predicted octanol–water partition coefficient (Wildman–Crippen LogP) is 1.27. The van der Waals surface area contributed by atoms with E-state index in [9.17, 15) is 4.79 Å². The fourth-order valence-electron chi connectivity index (χ4n) is 0.509. The van der Waals surface area contributed by atoms with Crippen LogP contribution in [0.15, 0.2) is 28.8 Å². The Hall–Kier alpha value is -1.38. The van der Waals surface area contributed by atoms with Gasteiger partial charge in [0.2, 0.25) is 0 Å².